The van der Waals surface area contributed by atoms with Crippen molar-refractivity contribution in [3.8, 4) is 0 Å². The lowest BCUT2D eigenvalue weighted by atomic mass is 9.84. The quantitative estimate of drug-likeness (QED) is 0.236. The third kappa shape index (κ3) is 3.36. The Morgan fingerprint density at radius 2 is 1.04 bits per heavy atom. The van der Waals surface area contributed by atoms with E-state index < -0.39 is 73.9 Å². The van der Waals surface area contributed by atoms with Gasteiger partial charge < -0.3 is 55.4 Å². The van der Waals surface area contributed by atoms with E-state index >= 15 is 0 Å². The van der Waals surface area contributed by atoms with Gasteiger partial charge >= 0.3 is 0 Å². The summed E-state index contributed by atoms with van der Waals surface area (Å²) in [6.07, 6.45) is -18.9. The molecule has 136 valence electrons. The summed E-state index contributed by atoms with van der Waals surface area (Å²) in [5.74, 6) is 0. The topological polar surface area (TPSA) is 201 Å². The van der Waals surface area contributed by atoms with Crippen LogP contribution >= 0.6 is 0 Å². The Hall–Kier alpha value is -0.440. The molecule has 0 spiro atoms. The van der Waals surface area contributed by atoms with E-state index in [1.165, 1.54) is 0 Å². The molecule has 11 atom stereocenters. The molecular weight excluding hydrogens is 320 g/mol. The van der Waals surface area contributed by atoms with Gasteiger partial charge in [0.1, 0.15) is 61.0 Å². The first-order valence-electron chi connectivity index (χ1n) is 7.07. The Morgan fingerprint density at radius 3 is 1.52 bits per heavy atom. The summed E-state index contributed by atoms with van der Waals surface area (Å²) in [6.45, 7) is -0.704. The van der Waals surface area contributed by atoms with Crippen molar-refractivity contribution < 1.29 is 55.4 Å². The van der Waals surface area contributed by atoms with Crippen LogP contribution in [0.25, 0.3) is 0 Å². The van der Waals surface area contributed by atoms with Crippen LogP contribution in [0.5, 0.6) is 0 Å². The molecule has 0 aromatic heterocycles. The molecule has 1 saturated heterocycles. The molecule has 0 aromatic carbocycles. The van der Waals surface area contributed by atoms with Gasteiger partial charge in [-0.2, -0.15) is 0 Å². The van der Waals surface area contributed by atoms with Crippen LogP contribution in [0.4, 0.5) is 0 Å². The second kappa shape index (κ2) is 7.21. The number of hydrogen-bond acceptors (Lipinski definition) is 11. The third-order valence-corrected chi connectivity index (χ3v) is 4.21. The minimum atomic E-state index is -1.83. The van der Waals surface area contributed by atoms with Crippen molar-refractivity contribution in [2.75, 3.05) is 6.61 Å². The van der Waals surface area contributed by atoms with Crippen LogP contribution in [0.3, 0.4) is 0 Å². The number of rotatable bonds is 3. The van der Waals surface area contributed by atoms with Gasteiger partial charge in [0.2, 0.25) is 0 Å². The van der Waals surface area contributed by atoms with Gasteiger partial charge in [-0.15, -0.1) is 0 Å². The van der Waals surface area contributed by atoms with E-state index in [0.29, 0.717) is 0 Å². The smallest absolute Gasteiger partial charge is 0.187 e. The fourth-order valence-electron chi connectivity index (χ4n) is 2.69. The van der Waals surface area contributed by atoms with E-state index in [1.807, 2.05) is 0 Å². The average Bonchev–Trinajstić information content (AvgIpc) is 2.54. The SMILES string of the molecule is OC[C@H]1O[C@@H](O[C@H]2[C@H](O)[C@@H](O)[C@H](O)[C@@H](O)[C@@H]2O)[C@H](O)[C@@H](O)[C@@H]1O. The second-order valence-corrected chi connectivity index (χ2v) is 5.75. The van der Waals surface area contributed by atoms with E-state index in [2.05, 4.69) is 0 Å². The van der Waals surface area contributed by atoms with Crippen molar-refractivity contribution in [1.29, 1.82) is 0 Å². The molecule has 0 radical (unpaired) electrons. The predicted molar refractivity (Wildman–Crippen MR) is 68.7 cm³/mol. The van der Waals surface area contributed by atoms with Gasteiger partial charge in [0.25, 0.3) is 0 Å². The largest absolute Gasteiger partial charge is 0.394 e. The van der Waals surface area contributed by atoms with E-state index in [0.717, 1.165) is 0 Å². The molecule has 0 amide bonds. The molecule has 0 unspecified atom stereocenters. The molecule has 0 aromatic rings. The van der Waals surface area contributed by atoms with Gasteiger partial charge in [0.15, 0.2) is 6.29 Å². The van der Waals surface area contributed by atoms with Gasteiger partial charge in [0, 0.05) is 0 Å². The Labute approximate surface area is 130 Å². The highest BCUT2D eigenvalue weighted by atomic mass is 16.7. The van der Waals surface area contributed by atoms with Crippen molar-refractivity contribution in [2.24, 2.45) is 0 Å². The highest BCUT2D eigenvalue weighted by Crippen LogP contribution is 2.29. The lowest BCUT2D eigenvalue weighted by Crippen LogP contribution is -2.67. The highest BCUT2D eigenvalue weighted by molar-refractivity contribution is 5.00. The van der Waals surface area contributed by atoms with Crippen molar-refractivity contribution in [1.82, 2.24) is 0 Å². The maximum absolute atomic E-state index is 9.85. The Morgan fingerprint density at radius 1 is 0.609 bits per heavy atom. The first kappa shape index (κ1) is 18.9. The lowest BCUT2D eigenvalue weighted by Gasteiger charge is -2.45. The number of hydrogen-bond donors (Lipinski definition) is 9. The minimum absolute atomic E-state index is 0.704. The summed E-state index contributed by atoms with van der Waals surface area (Å²) in [6, 6.07) is 0. The molecule has 2 fully saturated rings. The zero-order valence-corrected chi connectivity index (χ0v) is 11.9. The molecular formula is C12H22O11. The van der Waals surface area contributed by atoms with Crippen LogP contribution in [-0.4, -0.2) is 120 Å². The van der Waals surface area contributed by atoms with Gasteiger partial charge in [-0.25, -0.2) is 0 Å². The maximum Gasteiger partial charge on any atom is 0.187 e. The first-order valence-corrected chi connectivity index (χ1v) is 7.07. The molecule has 1 aliphatic carbocycles. The third-order valence-electron chi connectivity index (χ3n) is 4.21. The Balaban J connectivity index is 2.13. The van der Waals surface area contributed by atoms with Gasteiger partial charge in [-0.1, -0.05) is 0 Å². The number of ether oxygens (including phenoxy) is 2. The fraction of sp³-hybridized carbons (Fsp3) is 1.00. The van der Waals surface area contributed by atoms with E-state index in [9.17, 15) is 40.9 Å². The summed E-state index contributed by atoms with van der Waals surface area (Å²) in [4.78, 5) is 0. The molecule has 0 bridgehead atoms. The van der Waals surface area contributed by atoms with Crippen LogP contribution in [-0.2, 0) is 9.47 Å². The van der Waals surface area contributed by atoms with Gasteiger partial charge in [0.05, 0.1) is 6.61 Å². The van der Waals surface area contributed by atoms with Crippen LogP contribution < -0.4 is 0 Å². The summed E-state index contributed by atoms with van der Waals surface area (Å²) in [5.41, 5.74) is 0. The van der Waals surface area contributed by atoms with Crippen LogP contribution in [0, 0.1) is 0 Å². The Kier molecular flexibility index (Phi) is 5.92. The summed E-state index contributed by atoms with van der Waals surface area (Å²) < 4.78 is 10.2. The van der Waals surface area contributed by atoms with Crippen molar-refractivity contribution in [3.05, 3.63) is 0 Å². The predicted octanol–water partition coefficient (Wildman–Crippen LogP) is -6.01. The van der Waals surface area contributed by atoms with Crippen LogP contribution in [0.15, 0.2) is 0 Å². The summed E-state index contributed by atoms with van der Waals surface area (Å²) >= 11 is 0. The molecule has 2 aliphatic rings. The normalized spacial score (nSPS) is 54.9. The summed E-state index contributed by atoms with van der Waals surface area (Å²) in [5, 5.41) is 86.6. The summed E-state index contributed by atoms with van der Waals surface area (Å²) in [7, 11) is 0. The maximum atomic E-state index is 9.85. The number of aliphatic hydroxyl groups excluding tert-OH is 9. The molecule has 1 heterocycles. The average molecular weight is 342 g/mol. The van der Waals surface area contributed by atoms with E-state index in [1.54, 1.807) is 0 Å². The minimum Gasteiger partial charge on any atom is -0.394 e. The van der Waals surface area contributed by atoms with Crippen LogP contribution in [0.1, 0.15) is 0 Å². The molecule has 11 nitrogen and oxygen atoms in total. The van der Waals surface area contributed by atoms with Crippen molar-refractivity contribution in [3.63, 3.8) is 0 Å². The molecule has 1 saturated carbocycles. The van der Waals surface area contributed by atoms with Gasteiger partial charge in [-0.05, 0) is 0 Å². The molecule has 2 rings (SSSR count). The standard InChI is InChI=1S/C12H22O11/c13-1-2-3(14)4(15)10(21)12(22-2)23-11-8(19)6(17)5(16)7(18)9(11)20/h2-21H,1H2/t2-,3-,4+,5-,6-,7+,8+,9-,10-,11-,12+/m1/s1. The monoisotopic (exact) mass is 342 g/mol. The molecule has 9 N–H and O–H groups in total. The van der Waals surface area contributed by atoms with Crippen molar-refractivity contribution >= 4 is 0 Å². The van der Waals surface area contributed by atoms with E-state index in [4.69, 9.17) is 14.6 Å². The number of aliphatic hydroxyl groups is 9. The zero-order chi connectivity index (χ0) is 17.5. The Bertz CT molecular complexity index is 377. The fourth-order valence-corrected chi connectivity index (χ4v) is 2.69. The van der Waals surface area contributed by atoms with E-state index in [-0.39, 0.29) is 0 Å². The molecule has 1 aliphatic heterocycles. The second-order valence-electron chi connectivity index (χ2n) is 5.75. The highest BCUT2D eigenvalue weighted by Gasteiger charge is 2.52. The zero-order valence-electron chi connectivity index (χ0n) is 11.9. The van der Waals surface area contributed by atoms with Crippen LogP contribution in [0.2, 0.25) is 0 Å². The molecule has 23 heavy (non-hydrogen) atoms. The first-order chi connectivity index (χ1) is 10.7. The lowest BCUT2D eigenvalue weighted by molar-refractivity contribution is -0.339. The van der Waals surface area contributed by atoms with Gasteiger partial charge in [-0.3, -0.25) is 0 Å². The molecule has 11 heteroatoms. The van der Waals surface area contributed by atoms with Crippen molar-refractivity contribution in [2.45, 2.75) is 67.3 Å².